The van der Waals surface area contributed by atoms with E-state index >= 15 is 0 Å². The van der Waals surface area contributed by atoms with Gasteiger partial charge in [0.05, 0.1) is 39.7 Å². The number of hydrogen-bond acceptors (Lipinski definition) is 3. The second-order valence-electron chi connectivity index (χ2n) is 6.28. The van der Waals surface area contributed by atoms with Crippen LogP contribution in [0.2, 0.25) is 0 Å². The van der Waals surface area contributed by atoms with Crippen molar-refractivity contribution in [3.05, 3.63) is 0 Å². The molecule has 0 aromatic carbocycles. The van der Waals surface area contributed by atoms with Crippen LogP contribution in [0.5, 0.6) is 0 Å². The second kappa shape index (κ2) is 15.4. The molecule has 5 nitrogen and oxygen atoms in total. The number of likely N-dealkylation sites (N-methyl/N-ethyl adjacent to an activating group) is 1. The number of ether oxygens (including phenoxy) is 1. The number of aliphatic carboxylic acids is 1. The first kappa shape index (κ1) is 13.4. The highest BCUT2D eigenvalue weighted by atomic mass is 35.5. The van der Waals surface area contributed by atoms with Crippen molar-refractivity contribution in [1.29, 1.82) is 0 Å². The molecule has 0 aromatic heterocycles. The molecule has 0 spiro atoms. The smallest absolute Gasteiger partial charge is 0.307 e. The molecule has 0 rings (SSSR count). The number of carboxylic acids is 1. The van der Waals surface area contributed by atoms with E-state index in [1.807, 2.05) is 0 Å². The maximum atomic E-state index is 12.2. The van der Waals surface area contributed by atoms with Crippen molar-refractivity contribution < 1.29 is 48.7 Å². The minimum absolute atomic E-state index is 0. The summed E-state index contributed by atoms with van der Waals surface area (Å²) < 4.78 is 71.4. The molecule has 0 aliphatic carbocycles. The molecule has 1 atom stereocenters. The fraction of sp³-hybridized carbons (Fsp3) is 0.895. The van der Waals surface area contributed by atoms with Gasteiger partial charge in [0.15, 0.2) is 6.10 Å². The number of carbonyl (C=O) groups excluding carboxylic acids is 1. The standard InChI is InChI=1S/C19H37NO4.ClH/c1-5-6-7-8-9-10-11-12-13-14-19(23)24-17(15-18(21)22)16-20(2,3)4;/h17H,5-16H2,1-4H3;1H/t17-;/m0./s1/i2D3,3D3,4D3;. The first-order valence-electron chi connectivity index (χ1n) is 13.3. The van der Waals surface area contributed by atoms with E-state index in [1.54, 1.807) is 0 Å². The molecule has 0 saturated heterocycles. The molecule has 0 aromatic rings. The van der Waals surface area contributed by atoms with Crippen LogP contribution >= 0.6 is 0 Å². The Balaban J connectivity index is 0. The molecule has 0 aliphatic rings. The molecule has 0 aliphatic heterocycles. The predicted molar refractivity (Wildman–Crippen MR) is 96.9 cm³/mol. The zero-order valence-corrected chi connectivity index (χ0v) is 15.8. The van der Waals surface area contributed by atoms with Gasteiger partial charge in [-0.2, -0.15) is 0 Å². The lowest BCUT2D eigenvalue weighted by molar-refractivity contribution is -0.873. The number of nitrogens with zero attached hydrogens (tertiary/aromatic N) is 1. The van der Waals surface area contributed by atoms with Crippen molar-refractivity contribution in [2.24, 2.45) is 0 Å². The lowest BCUT2D eigenvalue weighted by Gasteiger charge is -2.28. The van der Waals surface area contributed by atoms with Crippen LogP contribution in [0.3, 0.4) is 0 Å². The van der Waals surface area contributed by atoms with Gasteiger partial charge >= 0.3 is 11.9 Å². The third-order valence-electron chi connectivity index (χ3n) is 3.66. The Morgan fingerprint density at radius 3 is 2.00 bits per heavy atom. The molecule has 0 fully saturated rings. The number of esters is 1. The van der Waals surface area contributed by atoms with Crippen molar-refractivity contribution in [2.45, 2.75) is 83.7 Å². The summed E-state index contributed by atoms with van der Waals surface area (Å²) in [6, 6.07) is 0. The summed E-state index contributed by atoms with van der Waals surface area (Å²) >= 11 is 0. The maximum absolute atomic E-state index is 12.2. The van der Waals surface area contributed by atoms with Crippen molar-refractivity contribution in [3.63, 3.8) is 0 Å². The molecule has 150 valence electrons. The Morgan fingerprint density at radius 2 is 1.52 bits per heavy atom. The Hall–Kier alpha value is -0.810. The minimum atomic E-state index is -3.54. The van der Waals surface area contributed by atoms with Gasteiger partial charge in [-0.3, -0.25) is 9.59 Å². The van der Waals surface area contributed by atoms with E-state index in [2.05, 4.69) is 6.92 Å². The summed E-state index contributed by atoms with van der Waals surface area (Å²) in [7, 11) is 0. The van der Waals surface area contributed by atoms with E-state index in [0.717, 1.165) is 25.7 Å². The van der Waals surface area contributed by atoms with Crippen LogP contribution in [0.25, 0.3) is 0 Å². The van der Waals surface area contributed by atoms with E-state index in [9.17, 15) is 9.59 Å². The Kier molecular flexibility index (Phi) is 8.26. The largest absolute Gasteiger partial charge is 1.00 e. The zero-order chi connectivity index (χ0) is 25.9. The van der Waals surface area contributed by atoms with Gasteiger partial charge in [-0.05, 0) is 6.42 Å². The summed E-state index contributed by atoms with van der Waals surface area (Å²) in [6.07, 6.45) is 6.39. The van der Waals surface area contributed by atoms with Gasteiger partial charge in [-0.1, -0.05) is 58.3 Å². The van der Waals surface area contributed by atoms with E-state index in [4.69, 9.17) is 22.2 Å². The van der Waals surface area contributed by atoms with Gasteiger partial charge in [0, 0.05) is 6.42 Å². The number of carboxylic acid groups (broad SMARTS) is 1. The van der Waals surface area contributed by atoms with Crippen LogP contribution in [0.1, 0.15) is 89.9 Å². The van der Waals surface area contributed by atoms with Gasteiger partial charge in [0.1, 0.15) is 6.54 Å². The first-order chi connectivity index (χ1) is 15.0. The number of rotatable bonds is 15. The Bertz CT molecular complexity index is 574. The van der Waals surface area contributed by atoms with Gasteiger partial charge in [0.25, 0.3) is 0 Å². The number of halogens is 1. The van der Waals surface area contributed by atoms with Crippen LogP contribution in [0, 0.1) is 0 Å². The predicted octanol–water partition coefficient (Wildman–Crippen LogP) is 1.00. The van der Waals surface area contributed by atoms with E-state index in [-0.39, 0.29) is 18.8 Å². The highest BCUT2D eigenvalue weighted by Gasteiger charge is 2.24. The summed E-state index contributed by atoms with van der Waals surface area (Å²) in [5.74, 6) is -2.29. The fourth-order valence-corrected chi connectivity index (χ4v) is 2.47. The van der Waals surface area contributed by atoms with Crippen molar-refractivity contribution in [3.8, 4) is 0 Å². The van der Waals surface area contributed by atoms with Crippen molar-refractivity contribution in [1.82, 2.24) is 0 Å². The SMILES string of the molecule is [2H]C([2H])([2H])[N+](C[C@H](CC(=O)O)OC(=O)CCCCCCCCCCC)(C([2H])([2H])[2H])C([2H])([2H])[2H].[Cl-]. The van der Waals surface area contributed by atoms with E-state index in [1.165, 1.54) is 25.7 Å². The summed E-state index contributed by atoms with van der Waals surface area (Å²) in [5.41, 5.74) is 0. The van der Waals surface area contributed by atoms with Gasteiger partial charge in [0.2, 0.25) is 0 Å². The molecule has 0 saturated carbocycles. The molecule has 0 amide bonds. The van der Waals surface area contributed by atoms with Crippen LogP contribution in [0.15, 0.2) is 0 Å². The fourth-order valence-electron chi connectivity index (χ4n) is 2.47. The summed E-state index contributed by atoms with van der Waals surface area (Å²) in [4.78, 5) is 23.5. The highest BCUT2D eigenvalue weighted by molar-refractivity contribution is 5.71. The molecule has 1 N–H and O–H groups in total. The Morgan fingerprint density at radius 1 is 1.00 bits per heavy atom. The zero-order valence-electron chi connectivity index (χ0n) is 24.1. The van der Waals surface area contributed by atoms with E-state index in [0.29, 0.717) is 6.42 Å². The van der Waals surface area contributed by atoms with E-state index < -0.39 is 56.4 Å². The average molecular weight is 389 g/mol. The number of quaternary nitrogens is 1. The topological polar surface area (TPSA) is 63.6 Å². The molecule has 25 heavy (non-hydrogen) atoms. The molecular formula is C19H38ClNO4. The van der Waals surface area contributed by atoms with Crippen LogP contribution in [-0.4, -0.2) is 55.1 Å². The molecule has 0 unspecified atom stereocenters. The van der Waals surface area contributed by atoms with Gasteiger partial charge in [-0.15, -0.1) is 0 Å². The normalized spacial score (nSPS) is 19.2. The second-order valence-corrected chi connectivity index (χ2v) is 6.28. The van der Waals surface area contributed by atoms with Crippen LogP contribution in [-0.2, 0) is 14.3 Å². The molecule has 0 heterocycles. The molecule has 0 bridgehead atoms. The molecular weight excluding hydrogens is 342 g/mol. The van der Waals surface area contributed by atoms with Crippen molar-refractivity contribution in [2.75, 3.05) is 27.5 Å². The average Bonchev–Trinajstić information content (AvgIpc) is 2.61. The van der Waals surface area contributed by atoms with Crippen LogP contribution in [0.4, 0.5) is 0 Å². The first-order valence-corrected chi connectivity index (χ1v) is 8.79. The van der Waals surface area contributed by atoms with Crippen molar-refractivity contribution >= 4 is 11.9 Å². The van der Waals surface area contributed by atoms with Gasteiger partial charge < -0.3 is 26.7 Å². The summed E-state index contributed by atoms with van der Waals surface area (Å²) in [6.45, 7) is -9.70. The molecule has 6 heteroatoms. The monoisotopic (exact) mass is 388 g/mol. The number of hydrogen-bond donors (Lipinski definition) is 1. The Labute approximate surface area is 172 Å². The summed E-state index contributed by atoms with van der Waals surface area (Å²) in [5, 5.41) is 9.13. The highest BCUT2D eigenvalue weighted by Crippen LogP contribution is 2.12. The third-order valence-corrected chi connectivity index (χ3v) is 3.66. The minimum Gasteiger partial charge on any atom is -1.00 e. The lowest BCUT2D eigenvalue weighted by atomic mass is 10.1. The van der Waals surface area contributed by atoms with Gasteiger partial charge in [-0.25, -0.2) is 0 Å². The maximum Gasteiger partial charge on any atom is 0.307 e. The number of unbranched alkanes of at least 4 members (excludes halogenated alkanes) is 8. The lowest BCUT2D eigenvalue weighted by Crippen LogP contribution is -3.00. The quantitative estimate of drug-likeness (QED) is 0.258. The third kappa shape index (κ3) is 19.4. The van der Waals surface area contributed by atoms with Crippen LogP contribution < -0.4 is 12.4 Å². The molecule has 0 radical (unpaired) electrons. The number of carbonyl (C=O) groups is 2.